The number of rotatable bonds is 7. The van der Waals surface area contributed by atoms with Gasteiger partial charge in [-0.05, 0) is 38.8 Å². The largest absolute Gasteiger partial charge is 0.394 e. The average molecular weight is 335 g/mol. The summed E-state index contributed by atoms with van der Waals surface area (Å²) in [4.78, 5) is 0. The molecule has 0 atom stereocenters. The summed E-state index contributed by atoms with van der Waals surface area (Å²) < 4.78 is 29.9. The van der Waals surface area contributed by atoms with Crippen LogP contribution in [-0.2, 0) is 18.5 Å². The molecule has 130 valence electrons. The molecule has 3 rings (SSSR count). The zero-order valence-corrected chi connectivity index (χ0v) is 14.1. The lowest BCUT2D eigenvalue weighted by Crippen LogP contribution is -2.28. The second kappa shape index (κ2) is 6.61. The van der Waals surface area contributed by atoms with Crippen LogP contribution in [-0.4, -0.2) is 28.0 Å². The van der Waals surface area contributed by atoms with E-state index in [9.17, 15) is 8.78 Å². The standard InChI is InChI=1S/C18H23F2N3O/c1-12-14(13(2)23(22-12)8-9-24)10-21-11-18(6-7-18)17-15(19)4-3-5-16(17)20/h3-5,21,24H,6-11H2,1-2H3. The summed E-state index contributed by atoms with van der Waals surface area (Å²) in [5.41, 5.74) is 2.78. The fourth-order valence-electron chi connectivity index (χ4n) is 3.40. The van der Waals surface area contributed by atoms with E-state index in [1.54, 1.807) is 4.68 Å². The topological polar surface area (TPSA) is 50.1 Å². The van der Waals surface area contributed by atoms with E-state index in [1.165, 1.54) is 18.2 Å². The van der Waals surface area contributed by atoms with Gasteiger partial charge in [-0.3, -0.25) is 4.68 Å². The summed E-state index contributed by atoms with van der Waals surface area (Å²) in [6, 6.07) is 4.05. The summed E-state index contributed by atoms with van der Waals surface area (Å²) >= 11 is 0. The number of nitrogens with zero attached hydrogens (tertiary/aromatic N) is 2. The first-order chi connectivity index (χ1) is 11.5. The van der Waals surface area contributed by atoms with Gasteiger partial charge in [-0.1, -0.05) is 6.07 Å². The zero-order valence-electron chi connectivity index (χ0n) is 14.1. The highest BCUT2D eigenvalue weighted by Gasteiger charge is 2.47. The molecule has 2 aromatic rings. The van der Waals surface area contributed by atoms with Crippen LogP contribution in [0.5, 0.6) is 0 Å². The van der Waals surface area contributed by atoms with Crippen molar-refractivity contribution in [3.05, 3.63) is 52.3 Å². The van der Waals surface area contributed by atoms with Crippen LogP contribution >= 0.6 is 0 Å². The quantitative estimate of drug-likeness (QED) is 0.818. The third-order valence-electron chi connectivity index (χ3n) is 4.95. The first kappa shape index (κ1) is 17.0. The summed E-state index contributed by atoms with van der Waals surface area (Å²) in [5.74, 6) is -0.921. The smallest absolute Gasteiger partial charge is 0.129 e. The fourth-order valence-corrected chi connectivity index (χ4v) is 3.40. The van der Waals surface area contributed by atoms with Gasteiger partial charge in [-0.15, -0.1) is 0 Å². The highest BCUT2D eigenvalue weighted by Crippen LogP contribution is 2.49. The molecule has 0 aliphatic heterocycles. The second-order valence-corrected chi connectivity index (χ2v) is 6.58. The van der Waals surface area contributed by atoms with E-state index < -0.39 is 17.0 Å². The van der Waals surface area contributed by atoms with Gasteiger partial charge in [-0.25, -0.2) is 8.78 Å². The van der Waals surface area contributed by atoms with E-state index >= 15 is 0 Å². The first-order valence-electron chi connectivity index (χ1n) is 8.27. The Morgan fingerprint density at radius 2 is 1.92 bits per heavy atom. The molecule has 4 nitrogen and oxygen atoms in total. The Morgan fingerprint density at radius 1 is 1.25 bits per heavy atom. The molecule has 1 saturated carbocycles. The van der Waals surface area contributed by atoms with Crippen LogP contribution in [0.25, 0.3) is 0 Å². The van der Waals surface area contributed by atoms with E-state index in [4.69, 9.17) is 5.11 Å². The van der Waals surface area contributed by atoms with E-state index in [-0.39, 0.29) is 12.2 Å². The maximum Gasteiger partial charge on any atom is 0.129 e. The summed E-state index contributed by atoms with van der Waals surface area (Å²) in [6.45, 7) is 5.55. The molecule has 1 aliphatic rings. The van der Waals surface area contributed by atoms with Crippen LogP contribution in [0, 0.1) is 25.5 Å². The first-order valence-corrected chi connectivity index (χ1v) is 8.27. The Bertz CT molecular complexity index is 718. The van der Waals surface area contributed by atoms with Crippen molar-refractivity contribution in [1.82, 2.24) is 15.1 Å². The minimum atomic E-state index is -0.461. The lowest BCUT2D eigenvalue weighted by Gasteiger charge is -2.18. The summed E-state index contributed by atoms with van der Waals surface area (Å²) in [5, 5.41) is 16.8. The molecule has 1 aromatic heterocycles. The predicted octanol–water partition coefficient (Wildman–Crippen LogP) is 2.59. The third-order valence-corrected chi connectivity index (χ3v) is 4.95. The van der Waals surface area contributed by atoms with E-state index in [0.717, 1.165) is 29.8 Å². The molecule has 1 aromatic carbocycles. The van der Waals surface area contributed by atoms with Gasteiger partial charge in [0, 0.05) is 35.3 Å². The van der Waals surface area contributed by atoms with Crippen molar-refractivity contribution in [2.75, 3.05) is 13.2 Å². The minimum absolute atomic E-state index is 0.0461. The molecule has 2 N–H and O–H groups in total. The minimum Gasteiger partial charge on any atom is -0.394 e. The molecule has 1 fully saturated rings. The Kier molecular flexibility index (Phi) is 4.69. The van der Waals surface area contributed by atoms with Gasteiger partial charge in [0.05, 0.1) is 18.8 Å². The van der Waals surface area contributed by atoms with Crippen molar-refractivity contribution in [1.29, 1.82) is 0 Å². The van der Waals surface area contributed by atoms with Gasteiger partial charge < -0.3 is 10.4 Å². The molecule has 0 spiro atoms. The average Bonchev–Trinajstić information content (AvgIpc) is 3.25. The van der Waals surface area contributed by atoms with Crippen molar-refractivity contribution in [3.63, 3.8) is 0 Å². The molecule has 6 heteroatoms. The fraction of sp³-hybridized carbons (Fsp3) is 0.500. The van der Waals surface area contributed by atoms with E-state index in [2.05, 4.69) is 10.4 Å². The molecule has 0 amide bonds. The van der Waals surface area contributed by atoms with Gasteiger partial charge in [0.1, 0.15) is 11.6 Å². The molecular weight excluding hydrogens is 312 g/mol. The Morgan fingerprint density at radius 3 is 2.50 bits per heavy atom. The van der Waals surface area contributed by atoms with Crippen molar-refractivity contribution in [2.45, 2.75) is 45.2 Å². The van der Waals surface area contributed by atoms with Gasteiger partial charge in [-0.2, -0.15) is 5.10 Å². The maximum atomic E-state index is 14.0. The number of halogens is 2. The second-order valence-electron chi connectivity index (χ2n) is 6.58. The van der Waals surface area contributed by atoms with Crippen molar-refractivity contribution in [3.8, 4) is 0 Å². The summed E-state index contributed by atoms with van der Waals surface area (Å²) in [7, 11) is 0. The van der Waals surface area contributed by atoms with E-state index in [1.807, 2.05) is 13.8 Å². The SMILES string of the molecule is Cc1nn(CCO)c(C)c1CNCC1(c2c(F)cccc2F)CC1. The van der Waals surface area contributed by atoms with Crippen molar-refractivity contribution in [2.24, 2.45) is 0 Å². The van der Waals surface area contributed by atoms with Gasteiger partial charge in [0.2, 0.25) is 0 Å². The molecule has 0 bridgehead atoms. The Labute approximate surface area is 140 Å². The number of benzene rings is 1. The molecule has 0 saturated heterocycles. The van der Waals surface area contributed by atoms with Crippen LogP contribution in [0.2, 0.25) is 0 Å². The monoisotopic (exact) mass is 335 g/mol. The number of aliphatic hydroxyl groups is 1. The highest BCUT2D eigenvalue weighted by molar-refractivity contribution is 5.35. The molecule has 1 aliphatic carbocycles. The third kappa shape index (κ3) is 3.08. The van der Waals surface area contributed by atoms with Crippen LogP contribution < -0.4 is 5.32 Å². The maximum absolute atomic E-state index is 14.0. The lowest BCUT2D eigenvalue weighted by atomic mass is 9.94. The van der Waals surface area contributed by atoms with Crippen LogP contribution in [0.15, 0.2) is 18.2 Å². The molecular formula is C18H23F2N3O. The predicted molar refractivity (Wildman–Crippen MR) is 87.8 cm³/mol. The normalized spacial score (nSPS) is 15.7. The van der Waals surface area contributed by atoms with E-state index in [0.29, 0.717) is 19.6 Å². The summed E-state index contributed by atoms with van der Waals surface area (Å²) in [6.07, 6.45) is 1.58. The van der Waals surface area contributed by atoms with Gasteiger partial charge in [0.15, 0.2) is 0 Å². The number of hydrogen-bond acceptors (Lipinski definition) is 3. The number of aliphatic hydroxyl groups excluding tert-OH is 1. The molecule has 0 radical (unpaired) electrons. The zero-order chi connectivity index (χ0) is 17.3. The number of aromatic nitrogens is 2. The van der Waals surface area contributed by atoms with Gasteiger partial charge in [0.25, 0.3) is 0 Å². The number of hydrogen-bond donors (Lipinski definition) is 2. The molecule has 1 heterocycles. The molecule has 0 unspecified atom stereocenters. The number of nitrogens with one attached hydrogen (secondary N) is 1. The Hall–Kier alpha value is -1.79. The lowest BCUT2D eigenvalue weighted by molar-refractivity contribution is 0.267. The van der Waals surface area contributed by atoms with Crippen LogP contribution in [0.4, 0.5) is 8.78 Å². The highest BCUT2D eigenvalue weighted by atomic mass is 19.1. The van der Waals surface area contributed by atoms with Gasteiger partial charge >= 0.3 is 0 Å². The Balaban J connectivity index is 1.69. The van der Waals surface area contributed by atoms with Crippen molar-refractivity contribution < 1.29 is 13.9 Å². The van der Waals surface area contributed by atoms with Crippen LogP contribution in [0.3, 0.4) is 0 Å². The van der Waals surface area contributed by atoms with Crippen molar-refractivity contribution >= 4 is 0 Å². The van der Waals surface area contributed by atoms with Crippen LogP contribution in [0.1, 0.15) is 35.4 Å². The number of aryl methyl sites for hydroxylation is 1. The molecule has 24 heavy (non-hydrogen) atoms.